The van der Waals surface area contributed by atoms with E-state index in [1.807, 2.05) is 24.3 Å². The number of anilines is 1. The van der Waals surface area contributed by atoms with Crippen molar-refractivity contribution in [2.75, 3.05) is 12.4 Å². The van der Waals surface area contributed by atoms with Crippen molar-refractivity contribution in [3.8, 4) is 5.75 Å². The third kappa shape index (κ3) is 3.19. The molecule has 0 aliphatic rings. The van der Waals surface area contributed by atoms with Crippen LogP contribution in [0.25, 0.3) is 0 Å². The van der Waals surface area contributed by atoms with Crippen LogP contribution in [0, 0.1) is 10.1 Å². The number of hydrogen-bond acceptors (Lipinski definition) is 4. The minimum Gasteiger partial charge on any atom is -0.495 e. The molecule has 0 unspecified atom stereocenters. The molecule has 2 rings (SSSR count). The molecule has 2 aromatic rings. The van der Waals surface area contributed by atoms with Crippen LogP contribution in [0.1, 0.15) is 5.56 Å². The first-order valence-electron chi connectivity index (χ1n) is 5.91. The number of hydrogen-bond donors (Lipinski definition) is 1. The predicted molar refractivity (Wildman–Crippen MR) is 78.4 cm³/mol. The number of benzene rings is 2. The highest BCUT2D eigenvalue weighted by Crippen LogP contribution is 2.27. The van der Waals surface area contributed by atoms with Gasteiger partial charge in [0.1, 0.15) is 5.75 Å². The molecular formula is C14H13ClN2O3. The van der Waals surface area contributed by atoms with Crippen LogP contribution in [0.3, 0.4) is 0 Å². The predicted octanol–water partition coefficient (Wildman–Crippen LogP) is 3.87. The number of halogens is 1. The third-order valence-electron chi connectivity index (χ3n) is 2.81. The van der Waals surface area contributed by atoms with E-state index in [-0.39, 0.29) is 12.2 Å². The molecule has 104 valence electrons. The minimum absolute atomic E-state index is 0.0387. The first kappa shape index (κ1) is 14.1. The van der Waals surface area contributed by atoms with Gasteiger partial charge in [0.05, 0.1) is 23.3 Å². The fourth-order valence-electron chi connectivity index (χ4n) is 1.85. The number of nitrogens with zero attached hydrogens (tertiary/aromatic N) is 1. The van der Waals surface area contributed by atoms with E-state index < -0.39 is 4.92 Å². The first-order valence-corrected chi connectivity index (χ1v) is 6.29. The number of nitro benzene ring substituents is 1. The summed E-state index contributed by atoms with van der Waals surface area (Å²) < 4.78 is 5.21. The van der Waals surface area contributed by atoms with Crippen molar-refractivity contribution in [2.45, 2.75) is 6.54 Å². The fraction of sp³-hybridized carbons (Fsp3) is 0.143. The fourth-order valence-corrected chi connectivity index (χ4v) is 2.05. The van der Waals surface area contributed by atoms with Crippen molar-refractivity contribution in [3.05, 3.63) is 63.2 Å². The van der Waals surface area contributed by atoms with Gasteiger partial charge in [0, 0.05) is 17.6 Å². The number of rotatable bonds is 5. The van der Waals surface area contributed by atoms with Gasteiger partial charge in [-0.2, -0.15) is 0 Å². The second-order valence-electron chi connectivity index (χ2n) is 4.08. The van der Waals surface area contributed by atoms with Gasteiger partial charge in [0.25, 0.3) is 5.69 Å². The van der Waals surface area contributed by atoms with Crippen molar-refractivity contribution in [1.82, 2.24) is 0 Å². The molecule has 2 aromatic carbocycles. The van der Waals surface area contributed by atoms with Crippen LogP contribution in [-0.4, -0.2) is 12.0 Å². The summed E-state index contributed by atoms with van der Waals surface area (Å²) >= 11 is 5.89. The van der Waals surface area contributed by atoms with E-state index in [1.165, 1.54) is 12.1 Å². The smallest absolute Gasteiger partial charge is 0.274 e. The largest absolute Gasteiger partial charge is 0.495 e. The quantitative estimate of drug-likeness (QED) is 0.671. The third-order valence-corrected chi connectivity index (χ3v) is 3.05. The molecule has 0 atom stereocenters. The van der Waals surface area contributed by atoms with Crippen LogP contribution in [-0.2, 0) is 6.54 Å². The summed E-state index contributed by atoms with van der Waals surface area (Å²) in [4.78, 5) is 10.6. The molecule has 0 saturated carbocycles. The molecule has 6 heteroatoms. The molecule has 0 aliphatic carbocycles. The zero-order valence-corrected chi connectivity index (χ0v) is 11.6. The normalized spacial score (nSPS) is 10.1. The molecule has 0 heterocycles. The Kier molecular flexibility index (Phi) is 4.42. The molecule has 20 heavy (non-hydrogen) atoms. The minimum atomic E-state index is -0.421. The Morgan fingerprint density at radius 2 is 2.05 bits per heavy atom. The summed E-state index contributed by atoms with van der Waals surface area (Å²) in [6.07, 6.45) is 0. The Balaban J connectivity index is 2.22. The summed E-state index contributed by atoms with van der Waals surface area (Å²) in [7, 11) is 1.57. The number of ether oxygens (including phenoxy) is 1. The van der Waals surface area contributed by atoms with E-state index >= 15 is 0 Å². The van der Waals surface area contributed by atoms with E-state index in [4.69, 9.17) is 16.3 Å². The van der Waals surface area contributed by atoms with Crippen LogP contribution in [0.4, 0.5) is 11.4 Å². The molecule has 0 saturated heterocycles. The van der Waals surface area contributed by atoms with Crippen molar-refractivity contribution in [3.63, 3.8) is 0 Å². The molecule has 0 bridgehead atoms. The lowest BCUT2D eigenvalue weighted by Gasteiger charge is -2.11. The van der Waals surface area contributed by atoms with Gasteiger partial charge in [-0.15, -0.1) is 0 Å². The molecule has 0 fully saturated rings. The van der Waals surface area contributed by atoms with Gasteiger partial charge in [0.15, 0.2) is 0 Å². The van der Waals surface area contributed by atoms with Gasteiger partial charge >= 0.3 is 0 Å². The molecule has 0 radical (unpaired) electrons. The van der Waals surface area contributed by atoms with Crippen molar-refractivity contribution in [2.24, 2.45) is 0 Å². The van der Waals surface area contributed by atoms with Crippen molar-refractivity contribution in [1.29, 1.82) is 0 Å². The number of para-hydroxylation sites is 2. The van der Waals surface area contributed by atoms with Gasteiger partial charge in [-0.1, -0.05) is 23.7 Å². The van der Waals surface area contributed by atoms with E-state index in [9.17, 15) is 10.1 Å². The maximum atomic E-state index is 11.0. The van der Waals surface area contributed by atoms with Crippen LogP contribution in [0.15, 0.2) is 42.5 Å². The van der Waals surface area contributed by atoms with E-state index in [1.54, 1.807) is 13.2 Å². The average molecular weight is 293 g/mol. The number of nitrogens with one attached hydrogen (secondary N) is 1. The Bertz CT molecular complexity index is 632. The van der Waals surface area contributed by atoms with Gasteiger partial charge in [0.2, 0.25) is 0 Å². The number of methoxy groups -OCH3 is 1. The second-order valence-corrected chi connectivity index (χ2v) is 4.52. The zero-order chi connectivity index (χ0) is 14.5. The molecule has 1 N–H and O–H groups in total. The van der Waals surface area contributed by atoms with Gasteiger partial charge in [-0.3, -0.25) is 10.1 Å². The second kappa shape index (κ2) is 6.25. The molecule has 0 amide bonds. The van der Waals surface area contributed by atoms with Crippen molar-refractivity contribution < 1.29 is 9.66 Å². The lowest BCUT2D eigenvalue weighted by Crippen LogP contribution is -2.04. The SMILES string of the molecule is COc1ccccc1NCc1cc(Cl)ccc1[N+](=O)[O-]. The Hall–Kier alpha value is -2.27. The maximum absolute atomic E-state index is 11.0. The zero-order valence-electron chi connectivity index (χ0n) is 10.8. The highest BCUT2D eigenvalue weighted by molar-refractivity contribution is 6.30. The van der Waals surface area contributed by atoms with Crippen LogP contribution < -0.4 is 10.1 Å². The van der Waals surface area contributed by atoms with Crippen LogP contribution in [0.2, 0.25) is 5.02 Å². The Labute approximate surface area is 121 Å². The summed E-state index contributed by atoms with van der Waals surface area (Å²) in [5, 5.41) is 14.6. The molecule has 0 spiro atoms. The maximum Gasteiger partial charge on any atom is 0.274 e. The van der Waals surface area contributed by atoms with Gasteiger partial charge in [-0.25, -0.2) is 0 Å². The van der Waals surface area contributed by atoms with Crippen molar-refractivity contribution >= 4 is 23.0 Å². The monoisotopic (exact) mass is 292 g/mol. The summed E-state index contributed by atoms with van der Waals surface area (Å²) in [6.45, 7) is 0.289. The summed E-state index contributed by atoms with van der Waals surface area (Å²) in [5.74, 6) is 0.678. The standard InChI is InChI=1S/C14H13ClN2O3/c1-20-14-5-3-2-4-12(14)16-9-10-8-11(15)6-7-13(10)17(18)19/h2-8,16H,9H2,1H3. The molecule has 0 aliphatic heterocycles. The molecular weight excluding hydrogens is 280 g/mol. The van der Waals surface area contributed by atoms with Gasteiger partial charge in [-0.05, 0) is 24.3 Å². The van der Waals surface area contributed by atoms with E-state index in [2.05, 4.69) is 5.32 Å². The van der Waals surface area contributed by atoms with Crippen LogP contribution >= 0.6 is 11.6 Å². The highest BCUT2D eigenvalue weighted by Gasteiger charge is 2.14. The lowest BCUT2D eigenvalue weighted by atomic mass is 10.1. The summed E-state index contributed by atoms with van der Waals surface area (Å²) in [5.41, 5.74) is 1.33. The molecule has 0 aromatic heterocycles. The molecule has 5 nitrogen and oxygen atoms in total. The Morgan fingerprint density at radius 1 is 1.30 bits per heavy atom. The van der Waals surface area contributed by atoms with Crippen LogP contribution in [0.5, 0.6) is 5.75 Å². The first-order chi connectivity index (χ1) is 9.61. The summed E-state index contributed by atoms with van der Waals surface area (Å²) in [6, 6.07) is 11.9. The average Bonchev–Trinajstić information content (AvgIpc) is 2.45. The van der Waals surface area contributed by atoms with Gasteiger partial charge < -0.3 is 10.1 Å². The topological polar surface area (TPSA) is 64.4 Å². The lowest BCUT2D eigenvalue weighted by molar-refractivity contribution is -0.385. The number of nitro groups is 1. The van der Waals surface area contributed by atoms with E-state index in [0.717, 1.165) is 5.69 Å². The van der Waals surface area contributed by atoms with E-state index in [0.29, 0.717) is 16.3 Å². The Morgan fingerprint density at radius 3 is 2.75 bits per heavy atom. The highest BCUT2D eigenvalue weighted by atomic mass is 35.5.